The first-order valence-electron chi connectivity index (χ1n) is 9.59. The van der Waals surface area contributed by atoms with Crippen LogP contribution in [0.25, 0.3) is 21.9 Å². The lowest BCUT2D eigenvalue weighted by Crippen LogP contribution is -2.14. The molecule has 28 heavy (non-hydrogen) atoms. The third-order valence-electron chi connectivity index (χ3n) is 5.22. The molecule has 1 aliphatic rings. The number of nitrogens with one attached hydrogen (secondary N) is 1. The van der Waals surface area contributed by atoms with Gasteiger partial charge in [-0.15, -0.1) is 0 Å². The summed E-state index contributed by atoms with van der Waals surface area (Å²) in [6, 6.07) is 9.55. The maximum atomic E-state index is 11.9. The molecular formula is C22H22N4O2. The van der Waals surface area contributed by atoms with Crippen molar-refractivity contribution in [3.8, 4) is 11.1 Å². The average Bonchev–Trinajstić information content (AvgIpc) is 3.54. The Balaban J connectivity index is 1.62. The first-order chi connectivity index (χ1) is 13.6. The normalized spacial score (nSPS) is 14.6. The number of benzene rings is 1. The van der Waals surface area contributed by atoms with E-state index in [0.29, 0.717) is 17.9 Å². The number of rotatable bonds is 6. The van der Waals surface area contributed by atoms with Crippen LogP contribution in [-0.2, 0) is 4.79 Å². The second-order valence-electron chi connectivity index (χ2n) is 7.35. The smallest absolute Gasteiger partial charge is 0.228 e. The van der Waals surface area contributed by atoms with Crippen molar-refractivity contribution >= 4 is 22.5 Å². The maximum absolute atomic E-state index is 11.9. The number of carbonyl (C=O) groups excluding carboxylic acids is 1. The van der Waals surface area contributed by atoms with Gasteiger partial charge in [0.2, 0.25) is 5.91 Å². The van der Waals surface area contributed by atoms with Crippen LogP contribution in [0.15, 0.2) is 47.9 Å². The van der Waals surface area contributed by atoms with Gasteiger partial charge < -0.3 is 5.32 Å². The fourth-order valence-electron chi connectivity index (χ4n) is 3.35. The zero-order valence-corrected chi connectivity index (χ0v) is 16.0. The van der Waals surface area contributed by atoms with Crippen LogP contribution in [0.4, 0.5) is 5.82 Å². The summed E-state index contributed by atoms with van der Waals surface area (Å²) < 4.78 is 0. The molecule has 1 aliphatic carbocycles. The van der Waals surface area contributed by atoms with Crippen molar-refractivity contribution in [3.63, 3.8) is 0 Å². The Kier molecular flexibility index (Phi) is 4.86. The lowest BCUT2D eigenvalue weighted by molar-refractivity contribution is -0.117. The number of pyridine rings is 2. The van der Waals surface area contributed by atoms with Crippen LogP contribution < -0.4 is 5.32 Å². The Bertz CT molecular complexity index is 1060. The summed E-state index contributed by atoms with van der Waals surface area (Å²) in [7, 11) is 0. The molecule has 1 N–H and O–H groups in total. The average molecular weight is 374 g/mol. The van der Waals surface area contributed by atoms with Gasteiger partial charge in [-0.25, -0.2) is 4.98 Å². The van der Waals surface area contributed by atoms with Gasteiger partial charge in [-0.3, -0.25) is 9.78 Å². The van der Waals surface area contributed by atoms with Crippen LogP contribution in [0.1, 0.15) is 43.5 Å². The number of fused-ring (bicyclic) bond motifs is 1. The minimum Gasteiger partial charge on any atom is -0.310 e. The molecule has 1 fully saturated rings. The molecule has 0 saturated heterocycles. The van der Waals surface area contributed by atoms with Crippen LogP contribution in [-0.4, -0.2) is 15.9 Å². The number of amides is 1. The minimum absolute atomic E-state index is 0.0560. The van der Waals surface area contributed by atoms with E-state index in [4.69, 9.17) is 0 Å². The predicted molar refractivity (Wildman–Crippen MR) is 110 cm³/mol. The highest BCUT2D eigenvalue weighted by Gasteiger charge is 2.29. The number of aryl methyl sites for hydroxylation is 1. The van der Waals surface area contributed by atoms with Crippen LogP contribution in [0.2, 0.25) is 0 Å². The summed E-state index contributed by atoms with van der Waals surface area (Å²) in [5, 5.41) is 8.05. The number of anilines is 1. The molecule has 4 rings (SSSR count). The molecule has 142 valence electrons. The molecule has 1 amide bonds. The monoisotopic (exact) mass is 374 g/mol. The van der Waals surface area contributed by atoms with E-state index in [-0.39, 0.29) is 11.8 Å². The van der Waals surface area contributed by atoms with Crippen molar-refractivity contribution in [1.29, 1.82) is 0 Å². The van der Waals surface area contributed by atoms with E-state index >= 15 is 0 Å². The third-order valence-corrected chi connectivity index (χ3v) is 5.22. The minimum atomic E-state index is -0.405. The first-order valence-corrected chi connectivity index (χ1v) is 9.59. The highest BCUT2D eigenvalue weighted by Crippen LogP contribution is 2.31. The van der Waals surface area contributed by atoms with Crippen LogP contribution >= 0.6 is 0 Å². The Morgan fingerprint density at radius 2 is 2.00 bits per heavy atom. The van der Waals surface area contributed by atoms with Gasteiger partial charge in [0.1, 0.15) is 11.9 Å². The number of aromatic nitrogens is 2. The van der Waals surface area contributed by atoms with Gasteiger partial charge in [0.15, 0.2) is 0 Å². The molecule has 2 heterocycles. The first kappa shape index (κ1) is 18.2. The second kappa shape index (κ2) is 7.46. The molecule has 0 radical (unpaired) electrons. The van der Waals surface area contributed by atoms with E-state index in [1.165, 1.54) is 0 Å². The zero-order valence-electron chi connectivity index (χ0n) is 16.0. The third kappa shape index (κ3) is 3.63. The van der Waals surface area contributed by atoms with Crippen molar-refractivity contribution in [3.05, 3.63) is 58.9 Å². The molecular weight excluding hydrogens is 352 g/mol. The van der Waals surface area contributed by atoms with Crippen molar-refractivity contribution in [2.45, 2.75) is 39.2 Å². The fourth-order valence-corrected chi connectivity index (χ4v) is 3.35. The van der Waals surface area contributed by atoms with Gasteiger partial charge in [0.25, 0.3) is 0 Å². The van der Waals surface area contributed by atoms with Crippen molar-refractivity contribution in [2.75, 3.05) is 5.32 Å². The van der Waals surface area contributed by atoms with Gasteiger partial charge >= 0.3 is 0 Å². The Morgan fingerprint density at radius 1 is 1.18 bits per heavy atom. The topological polar surface area (TPSA) is 84.3 Å². The molecule has 2 aromatic heterocycles. The maximum Gasteiger partial charge on any atom is 0.228 e. The van der Waals surface area contributed by atoms with Gasteiger partial charge in [-0.05, 0) is 60.9 Å². The highest BCUT2D eigenvalue weighted by atomic mass is 16.3. The second-order valence-corrected chi connectivity index (χ2v) is 7.35. The van der Waals surface area contributed by atoms with E-state index in [0.717, 1.165) is 40.3 Å². The molecule has 0 bridgehead atoms. The van der Waals surface area contributed by atoms with Gasteiger partial charge in [0, 0.05) is 29.3 Å². The van der Waals surface area contributed by atoms with Crippen LogP contribution in [0.5, 0.6) is 0 Å². The SMILES string of the molecule is CCC(N=O)c1cc(C)c(-c2ccc3cc(NC(=O)C4CC4)ncc3c2)cn1. The molecule has 3 aromatic rings. The van der Waals surface area contributed by atoms with E-state index in [1.807, 2.05) is 38.1 Å². The zero-order chi connectivity index (χ0) is 19.7. The highest BCUT2D eigenvalue weighted by molar-refractivity contribution is 5.96. The summed E-state index contributed by atoms with van der Waals surface area (Å²) in [5.74, 6) is 0.798. The van der Waals surface area contributed by atoms with Gasteiger partial charge in [-0.1, -0.05) is 24.2 Å². The number of nitroso groups, excluding NO2 is 1. The van der Waals surface area contributed by atoms with Gasteiger partial charge in [-0.2, -0.15) is 4.91 Å². The van der Waals surface area contributed by atoms with Crippen LogP contribution in [0, 0.1) is 17.7 Å². The molecule has 1 aromatic carbocycles. The van der Waals surface area contributed by atoms with E-state index < -0.39 is 6.04 Å². The Labute approximate surface area is 163 Å². The summed E-state index contributed by atoms with van der Waals surface area (Å²) in [6.45, 7) is 3.94. The Hall–Kier alpha value is -3.15. The molecule has 0 aliphatic heterocycles. The summed E-state index contributed by atoms with van der Waals surface area (Å²) in [4.78, 5) is 31.7. The van der Waals surface area contributed by atoms with E-state index in [2.05, 4.69) is 26.5 Å². The Morgan fingerprint density at radius 3 is 2.68 bits per heavy atom. The summed E-state index contributed by atoms with van der Waals surface area (Å²) in [5.41, 5.74) is 3.80. The number of nitrogens with zero attached hydrogens (tertiary/aromatic N) is 3. The standard InChI is InChI=1S/C22H22N4O2/c1-3-19(26-28)20-8-13(2)18(12-23-20)16-7-6-15-10-21(24-11-17(15)9-16)25-22(27)14-4-5-14/h6-12,14,19H,3-5H2,1-2H3,(H,24,25,27). The number of carbonyl (C=O) groups is 1. The van der Waals surface area contributed by atoms with Crippen molar-refractivity contribution in [1.82, 2.24) is 9.97 Å². The quantitative estimate of drug-likeness (QED) is 0.603. The largest absolute Gasteiger partial charge is 0.310 e. The molecule has 1 unspecified atom stereocenters. The summed E-state index contributed by atoms with van der Waals surface area (Å²) >= 11 is 0. The molecule has 1 atom stereocenters. The lowest BCUT2D eigenvalue weighted by atomic mass is 9.98. The van der Waals surface area contributed by atoms with Crippen molar-refractivity contribution in [2.24, 2.45) is 11.1 Å². The van der Waals surface area contributed by atoms with E-state index in [9.17, 15) is 9.70 Å². The lowest BCUT2D eigenvalue weighted by Gasteiger charge is -2.11. The summed E-state index contributed by atoms with van der Waals surface area (Å²) in [6.07, 6.45) is 6.16. The molecule has 0 spiro atoms. The predicted octanol–water partition coefficient (Wildman–Crippen LogP) is 5.17. The number of hydrogen-bond acceptors (Lipinski definition) is 5. The van der Waals surface area contributed by atoms with E-state index in [1.54, 1.807) is 12.4 Å². The number of hydrogen-bond donors (Lipinski definition) is 1. The molecule has 6 heteroatoms. The van der Waals surface area contributed by atoms with Crippen molar-refractivity contribution < 1.29 is 4.79 Å². The van der Waals surface area contributed by atoms with Gasteiger partial charge in [0.05, 0.1) is 5.69 Å². The molecule has 1 saturated carbocycles. The molecule has 6 nitrogen and oxygen atoms in total. The fraction of sp³-hybridized carbons (Fsp3) is 0.318. The van der Waals surface area contributed by atoms with Crippen LogP contribution in [0.3, 0.4) is 0 Å².